The van der Waals surface area contributed by atoms with E-state index < -0.39 is 10.9 Å². The number of likely N-dealkylation sites (N-methyl/N-ethyl adjacent to an activating group) is 1. The van der Waals surface area contributed by atoms with Crippen molar-refractivity contribution >= 4 is 17.6 Å². The van der Waals surface area contributed by atoms with Crippen molar-refractivity contribution in [3.63, 3.8) is 0 Å². The highest BCUT2D eigenvalue weighted by Crippen LogP contribution is 2.18. The van der Waals surface area contributed by atoms with E-state index in [-0.39, 0.29) is 31.2 Å². The van der Waals surface area contributed by atoms with Gasteiger partial charge in [-0.3, -0.25) is 19.7 Å². The Morgan fingerprint density at radius 1 is 1.29 bits per heavy atom. The molecule has 0 spiro atoms. The molecule has 0 radical (unpaired) electrons. The van der Waals surface area contributed by atoms with Gasteiger partial charge in [0.2, 0.25) is 5.91 Å². The number of carbonyl (C=O) groups excluding carboxylic acids is 2. The Balaban J connectivity index is 2.79. The summed E-state index contributed by atoms with van der Waals surface area (Å²) >= 11 is 0. The van der Waals surface area contributed by atoms with Gasteiger partial charge in [-0.15, -0.1) is 0 Å². The summed E-state index contributed by atoms with van der Waals surface area (Å²) in [5.74, 6) is -0.838. The van der Waals surface area contributed by atoms with E-state index >= 15 is 0 Å². The van der Waals surface area contributed by atoms with Gasteiger partial charge in [0.15, 0.2) is 0 Å². The Morgan fingerprint density at radius 2 is 1.95 bits per heavy atom. The van der Waals surface area contributed by atoms with Gasteiger partial charge in [-0.25, -0.2) is 0 Å². The fourth-order valence-electron chi connectivity index (χ4n) is 1.85. The molecule has 0 N–H and O–H groups in total. The van der Waals surface area contributed by atoms with Crippen molar-refractivity contribution < 1.29 is 19.2 Å². The number of hydrogen-bond donors (Lipinski definition) is 0. The molecule has 0 fully saturated rings. The third-order valence-electron chi connectivity index (χ3n) is 2.89. The Labute approximate surface area is 122 Å². The predicted octanol–water partition coefficient (Wildman–Crippen LogP) is 1.55. The number of rotatable bonds is 7. The van der Waals surface area contributed by atoms with Gasteiger partial charge in [-0.05, 0) is 13.8 Å². The Kier molecular flexibility index (Phi) is 6.32. The zero-order valence-electron chi connectivity index (χ0n) is 12.1. The molecule has 0 atom stereocenters. The number of nitro groups is 1. The van der Waals surface area contributed by atoms with Crippen LogP contribution in [-0.2, 0) is 20.7 Å². The lowest BCUT2D eigenvalue weighted by Crippen LogP contribution is -2.37. The highest BCUT2D eigenvalue weighted by Gasteiger charge is 2.20. The van der Waals surface area contributed by atoms with Gasteiger partial charge in [0.05, 0.1) is 18.0 Å². The van der Waals surface area contributed by atoms with Crippen LogP contribution in [0.3, 0.4) is 0 Å². The van der Waals surface area contributed by atoms with Crippen LogP contribution in [0.25, 0.3) is 0 Å². The average molecular weight is 294 g/mol. The molecule has 0 aliphatic heterocycles. The minimum absolute atomic E-state index is 0.0990. The first-order valence-electron chi connectivity index (χ1n) is 6.65. The maximum Gasteiger partial charge on any atom is 0.325 e. The summed E-state index contributed by atoms with van der Waals surface area (Å²) in [7, 11) is 0. The number of amides is 1. The molecular weight excluding hydrogens is 276 g/mol. The summed E-state index contributed by atoms with van der Waals surface area (Å²) in [5, 5.41) is 10.9. The lowest BCUT2D eigenvalue weighted by molar-refractivity contribution is -0.385. The second-order valence-electron chi connectivity index (χ2n) is 4.28. The minimum atomic E-state index is -0.524. The van der Waals surface area contributed by atoms with Gasteiger partial charge >= 0.3 is 5.97 Å². The molecule has 1 rings (SSSR count). The first-order chi connectivity index (χ1) is 9.99. The maximum atomic E-state index is 12.2. The van der Waals surface area contributed by atoms with Crippen molar-refractivity contribution in [2.24, 2.45) is 0 Å². The van der Waals surface area contributed by atoms with Crippen LogP contribution in [0.2, 0.25) is 0 Å². The van der Waals surface area contributed by atoms with Crippen LogP contribution in [0, 0.1) is 10.1 Å². The van der Waals surface area contributed by atoms with E-state index in [0.717, 1.165) is 0 Å². The summed E-state index contributed by atoms with van der Waals surface area (Å²) < 4.78 is 4.80. The van der Waals surface area contributed by atoms with Crippen molar-refractivity contribution in [1.82, 2.24) is 4.90 Å². The van der Waals surface area contributed by atoms with Crippen LogP contribution >= 0.6 is 0 Å². The Bertz CT molecular complexity index is 530. The molecule has 0 aliphatic rings. The Morgan fingerprint density at radius 3 is 2.52 bits per heavy atom. The Hall–Kier alpha value is -2.44. The number of nitrogens with zero attached hydrogens (tertiary/aromatic N) is 2. The fourth-order valence-corrected chi connectivity index (χ4v) is 1.85. The number of ether oxygens (including phenoxy) is 1. The molecule has 0 saturated heterocycles. The number of benzene rings is 1. The van der Waals surface area contributed by atoms with E-state index in [0.29, 0.717) is 12.1 Å². The van der Waals surface area contributed by atoms with Gasteiger partial charge in [-0.1, -0.05) is 18.2 Å². The van der Waals surface area contributed by atoms with E-state index in [2.05, 4.69) is 0 Å². The summed E-state index contributed by atoms with van der Waals surface area (Å²) in [6.45, 7) is 3.84. The van der Waals surface area contributed by atoms with Crippen LogP contribution in [0.1, 0.15) is 19.4 Å². The third kappa shape index (κ3) is 4.87. The highest BCUT2D eigenvalue weighted by molar-refractivity contribution is 5.84. The first kappa shape index (κ1) is 16.6. The largest absolute Gasteiger partial charge is 0.465 e. The standard InChI is InChI=1S/C14H18N2O5/c1-3-15(10-14(18)21-4-2)13(17)9-11-7-5-6-8-12(11)16(19)20/h5-8H,3-4,9-10H2,1-2H3. The number of nitro benzene ring substituents is 1. The molecular formula is C14H18N2O5. The quantitative estimate of drug-likeness (QED) is 0.432. The van der Waals surface area contributed by atoms with Crippen molar-refractivity contribution in [3.8, 4) is 0 Å². The zero-order chi connectivity index (χ0) is 15.8. The fraction of sp³-hybridized carbons (Fsp3) is 0.429. The average Bonchev–Trinajstić information content (AvgIpc) is 2.45. The van der Waals surface area contributed by atoms with Crippen LogP contribution in [0.15, 0.2) is 24.3 Å². The number of esters is 1. The number of para-hydroxylation sites is 1. The maximum absolute atomic E-state index is 12.2. The van der Waals surface area contributed by atoms with Gasteiger partial charge in [0, 0.05) is 18.2 Å². The molecule has 114 valence electrons. The highest BCUT2D eigenvalue weighted by atomic mass is 16.6. The molecule has 0 saturated carbocycles. The van der Waals surface area contributed by atoms with Gasteiger partial charge in [0.1, 0.15) is 6.54 Å². The second-order valence-corrected chi connectivity index (χ2v) is 4.28. The molecule has 7 nitrogen and oxygen atoms in total. The second kappa shape index (κ2) is 7.98. The summed E-state index contributed by atoms with van der Waals surface area (Å²) in [4.78, 5) is 35.3. The summed E-state index contributed by atoms with van der Waals surface area (Å²) in [6, 6.07) is 6.07. The molecule has 0 bridgehead atoms. The lowest BCUT2D eigenvalue weighted by atomic mass is 10.1. The van der Waals surface area contributed by atoms with E-state index in [4.69, 9.17) is 4.74 Å². The minimum Gasteiger partial charge on any atom is -0.465 e. The molecule has 0 aromatic heterocycles. The molecule has 7 heteroatoms. The van der Waals surface area contributed by atoms with E-state index in [9.17, 15) is 19.7 Å². The van der Waals surface area contributed by atoms with E-state index in [1.807, 2.05) is 0 Å². The smallest absolute Gasteiger partial charge is 0.325 e. The summed E-state index contributed by atoms with van der Waals surface area (Å²) in [5.41, 5.74) is 0.229. The monoisotopic (exact) mass is 294 g/mol. The van der Waals surface area contributed by atoms with Gasteiger partial charge in [0.25, 0.3) is 5.69 Å². The number of carbonyl (C=O) groups is 2. The van der Waals surface area contributed by atoms with Crippen molar-refractivity contribution in [2.45, 2.75) is 20.3 Å². The molecule has 1 aromatic carbocycles. The lowest BCUT2D eigenvalue weighted by Gasteiger charge is -2.19. The van der Waals surface area contributed by atoms with Crippen LogP contribution < -0.4 is 0 Å². The summed E-state index contributed by atoms with van der Waals surface area (Å²) in [6.07, 6.45) is -0.121. The van der Waals surface area contributed by atoms with E-state index in [1.165, 1.54) is 17.0 Å². The normalized spacial score (nSPS) is 10.0. The molecule has 21 heavy (non-hydrogen) atoms. The molecule has 0 aliphatic carbocycles. The molecule has 1 amide bonds. The topological polar surface area (TPSA) is 89.8 Å². The molecule has 0 heterocycles. The van der Waals surface area contributed by atoms with Gasteiger partial charge in [-0.2, -0.15) is 0 Å². The van der Waals surface area contributed by atoms with Crippen LogP contribution in [0.4, 0.5) is 5.69 Å². The zero-order valence-corrected chi connectivity index (χ0v) is 12.1. The number of hydrogen-bond acceptors (Lipinski definition) is 5. The van der Waals surface area contributed by atoms with Gasteiger partial charge < -0.3 is 9.64 Å². The van der Waals surface area contributed by atoms with Crippen molar-refractivity contribution in [1.29, 1.82) is 0 Å². The third-order valence-corrected chi connectivity index (χ3v) is 2.89. The molecule has 1 aromatic rings. The SMILES string of the molecule is CCOC(=O)CN(CC)C(=O)Cc1ccccc1[N+](=O)[O-]. The first-order valence-corrected chi connectivity index (χ1v) is 6.65. The molecule has 0 unspecified atom stereocenters. The van der Waals surface area contributed by atoms with Crippen molar-refractivity contribution in [3.05, 3.63) is 39.9 Å². The predicted molar refractivity (Wildman–Crippen MR) is 75.7 cm³/mol. The van der Waals surface area contributed by atoms with Crippen LogP contribution in [0.5, 0.6) is 0 Å². The van der Waals surface area contributed by atoms with Crippen molar-refractivity contribution in [2.75, 3.05) is 19.7 Å². The van der Waals surface area contributed by atoms with E-state index in [1.54, 1.807) is 26.0 Å². The van der Waals surface area contributed by atoms with Crippen LogP contribution in [-0.4, -0.2) is 41.4 Å².